The smallest absolute Gasteiger partial charge is 0.129 e. The van der Waals surface area contributed by atoms with E-state index in [-0.39, 0.29) is 11.2 Å². The Morgan fingerprint density at radius 3 is 1.22 bits per heavy atom. The fraction of sp³-hybridized carbons (Fsp3) is 0.533. The second kappa shape index (κ2) is 10.9. The zero-order valence-electron chi connectivity index (χ0n) is 23.5. The van der Waals surface area contributed by atoms with Crippen LogP contribution in [0.1, 0.15) is 69.2 Å². The second-order valence-electron chi connectivity index (χ2n) is 12.3. The van der Waals surface area contributed by atoms with Crippen LogP contribution in [0.25, 0.3) is 20.9 Å². The summed E-state index contributed by atoms with van der Waals surface area (Å²) in [6, 6.07) is 12.6. The van der Waals surface area contributed by atoms with Crippen LogP contribution in [-0.4, -0.2) is 35.6 Å². The van der Waals surface area contributed by atoms with Crippen LogP contribution in [0.5, 0.6) is 11.5 Å². The summed E-state index contributed by atoms with van der Waals surface area (Å²) >= 11 is 3.38. The summed E-state index contributed by atoms with van der Waals surface area (Å²) in [6.07, 6.45) is 0. The van der Waals surface area contributed by atoms with Crippen molar-refractivity contribution < 1.29 is 18.9 Å². The van der Waals surface area contributed by atoms with Gasteiger partial charge in [-0.15, -0.1) is 22.7 Å². The van der Waals surface area contributed by atoms with Crippen molar-refractivity contribution in [2.45, 2.75) is 91.6 Å². The molecule has 198 valence electrons. The average molecular weight is 531 g/mol. The second-order valence-corrected chi connectivity index (χ2v) is 14.2. The van der Waals surface area contributed by atoms with Gasteiger partial charge in [0.15, 0.2) is 0 Å². The Morgan fingerprint density at radius 1 is 0.583 bits per heavy atom. The fourth-order valence-electron chi connectivity index (χ4n) is 3.41. The van der Waals surface area contributed by atoms with Crippen molar-refractivity contribution in [3.8, 4) is 32.4 Å². The summed E-state index contributed by atoms with van der Waals surface area (Å²) in [4.78, 5) is 2.26. The fourth-order valence-corrected chi connectivity index (χ4v) is 4.91. The molecule has 0 amide bonds. The van der Waals surface area contributed by atoms with Crippen LogP contribution in [0.2, 0.25) is 0 Å². The Morgan fingerprint density at radius 2 is 0.944 bits per heavy atom. The van der Waals surface area contributed by atoms with E-state index in [1.165, 1.54) is 0 Å². The molecule has 36 heavy (non-hydrogen) atoms. The van der Waals surface area contributed by atoms with Crippen molar-refractivity contribution in [2.75, 3.05) is 13.2 Å². The highest BCUT2D eigenvalue weighted by atomic mass is 32.1. The molecule has 0 saturated heterocycles. The summed E-state index contributed by atoms with van der Waals surface area (Å²) in [7, 11) is 0. The maximum atomic E-state index is 6.67. The highest BCUT2D eigenvalue weighted by Gasteiger charge is 2.29. The van der Waals surface area contributed by atoms with Crippen molar-refractivity contribution in [3.05, 3.63) is 47.2 Å². The molecule has 0 bridgehead atoms. The molecule has 0 N–H and O–H groups in total. The molecule has 3 aromatic rings. The summed E-state index contributed by atoms with van der Waals surface area (Å²) < 4.78 is 25.5. The van der Waals surface area contributed by atoms with Gasteiger partial charge in [0, 0.05) is 20.9 Å². The molecule has 0 spiro atoms. The third kappa shape index (κ3) is 8.62. The van der Waals surface area contributed by atoms with Gasteiger partial charge in [0.1, 0.15) is 22.7 Å². The molecule has 3 rings (SSSR count). The van der Waals surface area contributed by atoms with Crippen LogP contribution in [0.3, 0.4) is 0 Å². The Bertz CT molecular complexity index is 1010. The van der Waals surface area contributed by atoms with E-state index in [9.17, 15) is 0 Å². The third-order valence-corrected chi connectivity index (χ3v) is 6.94. The van der Waals surface area contributed by atoms with E-state index in [1.807, 2.05) is 0 Å². The summed E-state index contributed by atoms with van der Waals surface area (Å²) in [6.45, 7) is 21.6. The lowest BCUT2D eigenvalue weighted by atomic mass is 10.0. The Balaban J connectivity index is 2.05. The number of ether oxygens (including phenoxy) is 4. The molecule has 0 aliphatic rings. The van der Waals surface area contributed by atoms with Gasteiger partial charge in [-0.3, -0.25) is 0 Å². The lowest BCUT2D eigenvalue weighted by Gasteiger charge is -2.33. The van der Waals surface area contributed by atoms with Crippen LogP contribution in [0.15, 0.2) is 47.2 Å². The summed E-state index contributed by atoms with van der Waals surface area (Å²) in [5, 5.41) is 4.17. The molecule has 0 unspecified atom stereocenters. The number of rotatable bonds is 10. The normalized spacial score (nSPS) is 13.2. The van der Waals surface area contributed by atoms with E-state index < -0.39 is 11.2 Å². The lowest BCUT2D eigenvalue weighted by Crippen LogP contribution is -2.38. The Hall–Kier alpha value is -1.86. The monoisotopic (exact) mass is 530 g/mol. The van der Waals surface area contributed by atoms with Crippen molar-refractivity contribution in [3.63, 3.8) is 0 Å². The van der Waals surface area contributed by atoms with Gasteiger partial charge in [-0.05, 0) is 104 Å². The maximum absolute atomic E-state index is 6.67. The highest BCUT2D eigenvalue weighted by molar-refractivity contribution is 7.14. The molecular weight excluding hydrogens is 488 g/mol. The topological polar surface area (TPSA) is 36.9 Å². The van der Waals surface area contributed by atoms with Gasteiger partial charge < -0.3 is 18.9 Å². The van der Waals surface area contributed by atoms with Gasteiger partial charge >= 0.3 is 0 Å². The molecule has 1 aromatic carbocycles. The lowest BCUT2D eigenvalue weighted by molar-refractivity contribution is -0.0730. The minimum atomic E-state index is -0.520. The predicted molar refractivity (Wildman–Crippen MR) is 154 cm³/mol. The predicted octanol–water partition coefficient (Wildman–Crippen LogP) is 9.09. The molecule has 0 saturated carbocycles. The maximum Gasteiger partial charge on any atom is 0.129 e. The molecule has 0 radical (unpaired) electrons. The Labute approximate surface area is 225 Å². The molecule has 0 aliphatic heterocycles. The van der Waals surface area contributed by atoms with Crippen molar-refractivity contribution in [1.82, 2.24) is 0 Å². The van der Waals surface area contributed by atoms with Gasteiger partial charge in [-0.1, -0.05) is 12.1 Å². The molecule has 0 fully saturated rings. The zero-order valence-corrected chi connectivity index (χ0v) is 25.1. The van der Waals surface area contributed by atoms with E-state index in [1.54, 1.807) is 22.7 Å². The van der Waals surface area contributed by atoms with E-state index in [0.29, 0.717) is 13.2 Å². The van der Waals surface area contributed by atoms with Gasteiger partial charge in [-0.25, -0.2) is 0 Å². The zero-order chi connectivity index (χ0) is 26.8. The number of benzene rings is 1. The average Bonchev–Trinajstić information content (AvgIpc) is 3.45. The summed E-state index contributed by atoms with van der Waals surface area (Å²) in [5.41, 5.74) is 0.506. The van der Waals surface area contributed by atoms with E-state index in [2.05, 4.69) is 116 Å². The first-order valence-corrected chi connectivity index (χ1v) is 14.2. The molecular formula is C30H42O4S2. The molecule has 0 atom stereocenters. The first-order chi connectivity index (χ1) is 16.5. The van der Waals surface area contributed by atoms with Gasteiger partial charge in [0.05, 0.1) is 24.4 Å². The van der Waals surface area contributed by atoms with Crippen LogP contribution in [0, 0.1) is 0 Å². The van der Waals surface area contributed by atoms with Gasteiger partial charge in [0.2, 0.25) is 0 Å². The highest BCUT2D eigenvalue weighted by Crippen LogP contribution is 2.45. The number of hydrogen-bond donors (Lipinski definition) is 0. The standard InChI is InChI=1S/C30H42O4S2/c1-27(2,3)31-19-29(7,8)33-23-17-22(26-14-12-16-36-26)24(18-21(23)25-13-11-15-35-25)34-30(9,10)20-32-28(4,5)6/h11-18H,19-20H2,1-10H3. The minimum Gasteiger partial charge on any atom is -0.485 e. The molecule has 4 nitrogen and oxygen atoms in total. The number of hydrogen-bond acceptors (Lipinski definition) is 6. The van der Waals surface area contributed by atoms with Crippen LogP contribution < -0.4 is 9.47 Å². The van der Waals surface area contributed by atoms with Crippen LogP contribution in [0.4, 0.5) is 0 Å². The SMILES string of the molecule is CC(C)(C)OCC(C)(C)Oc1cc(-c2cccs2)c(OC(C)(C)COC(C)(C)C)cc1-c1cccs1. The number of thiophene rings is 2. The molecule has 0 aliphatic carbocycles. The van der Waals surface area contributed by atoms with Crippen LogP contribution >= 0.6 is 22.7 Å². The third-order valence-electron chi connectivity index (χ3n) is 5.13. The first kappa shape index (κ1) is 28.7. The van der Waals surface area contributed by atoms with Crippen LogP contribution in [-0.2, 0) is 9.47 Å². The van der Waals surface area contributed by atoms with Crippen molar-refractivity contribution in [2.24, 2.45) is 0 Å². The first-order valence-electron chi connectivity index (χ1n) is 12.5. The van der Waals surface area contributed by atoms with E-state index in [0.717, 1.165) is 32.4 Å². The van der Waals surface area contributed by atoms with E-state index in [4.69, 9.17) is 18.9 Å². The van der Waals surface area contributed by atoms with Gasteiger partial charge in [-0.2, -0.15) is 0 Å². The molecule has 2 heterocycles. The van der Waals surface area contributed by atoms with Crippen molar-refractivity contribution in [1.29, 1.82) is 0 Å². The minimum absolute atomic E-state index is 0.238. The Kier molecular flexibility index (Phi) is 8.66. The quantitative estimate of drug-likeness (QED) is 0.262. The molecule has 2 aromatic heterocycles. The molecule has 6 heteroatoms. The largest absolute Gasteiger partial charge is 0.485 e. The summed E-state index contributed by atoms with van der Waals surface area (Å²) in [5.74, 6) is 1.64. The van der Waals surface area contributed by atoms with Crippen molar-refractivity contribution >= 4 is 22.7 Å². The van der Waals surface area contributed by atoms with E-state index >= 15 is 0 Å². The van der Waals surface area contributed by atoms with Gasteiger partial charge in [0.25, 0.3) is 0 Å².